The predicted octanol–water partition coefficient (Wildman–Crippen LogP) is 1.60. The van der Waals surface area contributed by atoms with E-state index >= 15 is 0 Å². The van der Waals surface area contributed by atoms with E-state index in [9.17, 15) is 14.9 Å². The number of nitro benzene ring substituents is 1. The number of benzene rings is 2. The van der Waals surface area contributed by atoms with Gasteiger partial charge in [-0.2, -0.15) is 0 Å². The molecular formula is C16H14N6O5. The van der Waals surface area contributed by atoms with Crippen molar-refractivity contribution in [3.8, 4) is 17.2 Å². The second kappa shape index (κ2) is 7.91. The minimum Gasteiger partial charge on any atom is -0.496 e. The monoisotopic (exact) mass is 370 g/mol. The van der Waals surface area contributed by atoms with Crippen LogP contribution in [0.15, 0.2) is 48.8 Å². The smallest absolute Gasteiger partial charge is 0.296 e. The maximum Gasteiger partial charge on any atom is 0.296 e. The number of tetrazole rings is 1. The Bertz CT molecular complexity index is 942. The van der Waals surface area contributed by atoms with Crippen molar-refractivity contribution in [3.05, 3.63) is 58.9 Å². The summed E-state index contributed by atoms with van der Waals surface area (Å²) < 4.78 is 11.8. The van der Waals surface area contributed by atoms with Crippen molar-refractivity contribution in [2.45, 2.75) is 0 Å². The van der Waals surface area contributed by atoms with Crippen LogP contribution in [0.3, 0.4) is 0 Å². The van der Waals surface area contributed by atoms with Crippen LogP contribution in [0.1, 0.15) is 0 Å². The third-order valence-corrected chi connectivity index (χ3v) is 3.50. The molecule has 0 aliphatic heterocycles. The first-order valence-electron chi connectivity index (χ1n) is 7.65. The average Bonchev–Trinajstić information content (AvgIpc) is 3.21. The van der Waals surface area contributed by atoms with Crippen molar-refractivity contribution < 1.29 is 19.2 Å². The molecule has 0 bridgehead atoms. The number of anilines is 1. The van der Waals surface area contributed by atoms with Gasteiger partial charge in [-0.3, -0.25) is 14.9 Å². The number of ether oxygens (including phenoxy) is 2. The summed E-state index contributed by atoms with van der Waals surface area (Å²) in [5, 5.41) is 24.4. The van der Waals surface area contributed by atoms with Crippen LogP contribution in [0.2, 0.25) is 0 Å². The molecule has 2 aromatic carbocycles. The van der Waals surface area contributed by atoms with E-state index in [4.69, 9.17) is 9.47 Å². The van der Waals surface area contributed by atoms with Crippen molar-refractivity contribution in [2.75, 3.05) is 19.0 Å². The highest BCUT2D eigenvalue weighted by atomic mass is 16.6. The second-order valence-electron chi connectivity index (χ2n) is 5.23. The number of carbonyl (C=O) groups is 1. The van der Waals surface area contributed by atoms with Gasteiger partial charge in [0.15, 0.2) is 6.61 Å². The highest BCUT2D eigenvalue weighted by molar-refractivity contribution is 5.94. The Balaban J connectivity index is 1.61. The first kappa shape index (κ1) is 17.8. The van der Waals surface area contributed by atoms with E-state index in [0.29, 0.717) is 11.5 Å². The molecule has 0 atom stereocenters. The van der Waals surface area contributed by atoms with Crippen LogP contribution >= 0.6 is 0 Å². The van der Waals surface area contributed by atoms with E-state index in [0.717, 1.165) is 5.69 Å². The van der Waals surface area contributed by atoms with E-state index in [1.807, 2.05) is 0 Å². The zero-order valence-corrected chi connectivity index (χ0v) is 14.1. The molecule has 0 saturated carbocycles. The van der Waals surface area contributed by atoms with Crippen molar-refractivity contribution in [3.63, 3.8) is 0 Å². The number of hydrogen-bond acceptors (Lipinski definition) is 8. The molecule has 27 heavy (non-hydrogen) atoms. The summed E-state index contributed by atoms with van der Waals surface area (Å²) in [6.07, 6.45) is 1.45. The Morgan fingerprint density at radius 1 is 1.22 bits per heavy atom. The summed E-state index contributed by atoms with van der Waals surface area (Å²) in [4.78, 5) is 22.6. The number of rotatable bonds is 7. The lowest BCUT2D eigenvalue weighted by molar-refractivity contribution is -0.384. The number of nitrogens with one attached hydrogen (secondary N) is 1. The van der Waals surface area contributed by atoms with E-state index in [1.165, 1.54) is 36.3 Å². The van der Waals surface area contributed by atoms with Gasteiger partial charge in [-0.1, -0.05) is 0 Å². The lowest BCUT2D eigenvalue weighted by atomic mass is 10.2. The van der Waals surface area contributed by atoms with Gasteiger partial charge in [-0.05, 0) is 46.8 Å². The lowest BCUT2D eigenvalue weighted by Crippen LogP contribution is -2.20. The van der Waals surface area contributed by atoms with Crippen molar-refractivity contribution in [1.82, 2.24) is 20.2 Å². The Kier molecular flexibility index (Phi) is 5.21. The van der Waals surface area contributed by atoms with Crippen LogP contribution in [0.25, 0.3) is 5.69 Å². The first-order chi connectivity index (χ1) is 13.1. The maximum atomic E-state index is 12.0. The van der Waals surface area contributed by atoms with Crippen LogP contribution in [0, 0.1) is 10.1 Å². The lowest BCUT2D eigenvalue weighted by Gasteiger charge is -2.09. The van der Waals surface area contributed by atoms with Crippen LogP contribution in [0.4, 0.5) is 11.4 Å². The van der Waals surface area contributed by atoms with Crippen LogP contribution in [-0.4, -0.2) is 44.8 Å². The zero-order chi connectivity index (χ0) is 19.2. The highest BCUT2D eigenvalue weighted by Crippen LogP contribution is 2.28. The summed E-state index contributed by atoms with van der Waals surface area (Å²) in [7, 11) is 1.40. The Morgan fingerprint density at radius 3 is 2.59 bits per heavy atom. The molecule has 3 aromatic rings. The molecule has 0 saturated heterocycles. The molecule has 11 heteroatoms. The van der Waals surface area contributed by atoms with Crippen molar-refractivity contribution >= 4 is 17.3 Å². The van der Waals surface area contributed by atoms with E-state index in [1.54, 1.807) is 24.3 Å². The topological polar surface area (TPSA) is 134 Å². The van der Waals surface area contributed by atoms with Crippen molar-refractivity contribution in [2.24, 2.45) is 0 Å². The Hall–Kier alpha value is -4.02. The molecule has 1 N–H and O–H groups in total. The molecule has 138 valence electrons. The molecule has 0 unspecified atom stereocenters. The molecule has 0 spiro atoms. The molecular weight excluding hydrogens is 356 g/mol. The van der Waals surface area contributed by atoms with Gasteiger partial charge < -0.3 is 14.8 Å². The minimum absolute atomic E-state index is 0.0587. The van der Waals surface area contributed by atoms with Crippen LogP contribution in [-0.2, 0) is 4.79 Å². The molecule has 3 rings (SSSR count). The fourth-order valence-corrected chi connectivity index (χ4v) is 2.21. The third kappa shape index (κ3) is 4.34. The molecule has 1 aromatic heterocycles. The number of carbonyl (C=O) groups excluding carboxylic acids is 1. The van der Waals surface area contributed by atoms with Gasteiger partial charge in [0.25, 0.3) is 11.6 Å². The molecule has 1 heterocycles. The molecule has 0 radical (unpaired) electrons. The van der Waals surface area contributed by atoms with Gasteiger partial charge in [0.05, 0.1) is 23.8 Å². The molecule has 0 aliphatic carbocycles. The largest absolute Gasteiger partial charge is 0.496 e. The number of nitrogens with zero attached hydrogens (tertiary/aromatic N) is 5. The fraction of sp³-hybridized carbons (Fsp3) is 0.125. The number of amides is 1. The van der Waals surface area contributed by atoms with E-state index in [2.05, 4.69) is 20.8 Å². The van der Waals surface area contributed by atoms with Gasteiger partial charge in [0, 0.05) is 0 Å². The molecule has 0 aliphatic rings. The number of hydrogen-bond donors (Lipinski definition) is 1. The maximum absolute atomic E-state index is 12.0. The highest BCUT2D eigenvalue weighted by Gasteiger charge is 2.17. The van der Waals surface area contributed by atoms with E-state index in [-0.39, 0.29) is 18.0 Å². The summed E-state index contributed by atoms with van der Waals surface area (Å²) >= 11 is 0. The summed E-state index contributed by atoms with van der Waals surface area (Å²) in [5.74, 6) is 0.234. The molecule has 11 nitrogen and oxygen atoms in total. The number of methoxy groups -OCH3 is 1. The Labute approximate surface area is 152 Å². The predicted molar refractivity (Wildman–Crippen MR) is 92.9 cm³/mol. The quantitative estimate of drug-likeness (QED) is 0.489. The fourth-order valence-electron chi connectivity index (χ4n) is 2.21. The second-order valence-corrected chi connectivity index (χ2v) is 5.23. The zero-order valence-electron chi connectivity index (χ0n) is 14.1. The third-order valence-electron chi connectivity index (χ3n) is 3.50. The summed E-state index contributed by atoms with van der Waals surface area (Å²) in [6, 6.07) is 10.9. The van der Waals surface area contributed by atoms with Gasteiger partial charge in [0.1, 0.15) is 23.5 Å². The van der Waals surface area contributed by atoms with Crippen LogP contribution < -0.4 is 14.8 Å². The summed E-state index contributed by atoms with van der Waals surface area (Å²) in [6.45, 7) is -0.312. The minimum atomic E-state index is -0.600. The molecule has 0 fully saturated rings. The Morgan fingerprint density at radius 2 is 1.96 bits per heavy atom. The van der Waals surface area contributed by atoms with Gasteiger partial charge >= 0.3 is 0 Å². The van der Waals surface area contributed by atoms with Crippen LogP contribution in [0.5, 0.6) is 11.5 Å². The first-order valence-corrected chi connectivity index (χ1v) is 7.65. The van der Waals surface area contributed by atoms with Gasteiger partial charge in [-0.15, -0.1) is 5.10 Å². The summed E-state index contributed by atoms with van der Waals surface area (Å²) in [5.41, 5.74) is 0.516. The molecule has 1 amide bonds. The SMILES string of the molecule is COc1ccc(NC(=O)COc2ccc(-n3cnnn3)cc2)c([N+](=O)[O-])c1. The standard InChI is InChI=1S/C16H14N6O5/c1-26-13-6-7-14(15(8-13)22(24)25)18-16(23)9-27-12-4-2-11(3-5-12)21-10-17-19-20-21/h2-8,10H,9H2,1H3,(H,18,23). The number of aromatic nitrogens is 4. The van der Waals surface area contributed by atoms with E-state index < -0.39 is 10.8 Å². The number of nitro groups is 1. The van der Waals surface area contributed by atoms with Gasteiger partial charge in [0.2, 0.25) is 0 Å². The average molecular weight is 370 g/mol. The van der Waals surface area contributed by atoms with Gasteiger partial charge in [-0.25, -0.2) is 4.68 Å². The normalized spacial score (nSPS) is 10.3. The van der Waals surface area contributed by atoms with Crippen molar-refractivity contribution in [1.29, 1.82) is 0 Å².